The van der Waals surface area contributed by atoms with Crippen molar-refractivity contribution in [1.29, 1.82) is 0 Å². The van der Waals surface area contributed by atoms with E-state index >= 15 is 0 Å². The second-order valence-corrected chi connectivity index (χ2v) is 3.40. The van der Waals surface area contributed by atoms with E-state index in [1.807, 2.05) is 47.9 Å². The van der Waals surface area contributed by atoms with E-state index in [9.17, 15) is 4.79 Å². The predicted octanol–water partition coefficient (Wildman–Crippen LogP) is 2.32. The minimum atomic E-state index is -0.687. The number of benzene rings is 2. The van der Waals surface area contributed by atoms with Crippen LogP contribution < -0.4 is 16.0 Å². The summed E-state index contributed by atoms with van der Waals surface area (Å²) in [5.74, 6) is 5.46. The van der Waals surface area contributed by atoms with E-state index in [4.69, 9.17) is 10.6 Å². The van der Waals surface area contributed by atoms with Crippen LogP contribution in [0.25, 0.3) is 11.1 Å². The van der Waals surface area contributed by atoms with Gasteiger partial charge in [0.05, 0.1) is 0 Å². The SMILES string of the molecule is NNC(=O)Oc1ccccc1-c1ccccc1. The normalized spacial score (nSPS) is 9.71. The van der Waals surface area contributed by atoms with Gasteiger partial charge < -0.3 is 4.74 Å². The van der Waals surface area contributed by atoms with Crippen LogP contribution in [0.3, 0.4) is 0 Å². The molecule has 0 unspecified atom stereocenters. The number of hydrazine groups is 1. The molecule has 2 aromatic carbocycles. The fourth-order valence-electron chi connectivity index (χ4n) is 1.54. The molecular formula is C13H12N2O2. The third kappa shape index (κ3) is 2.62. The molecule has 0 saturated carbocycles. The van der Waals surface area contributed by atoms with Crippen LogP contribution in [0, 0.1) is 0 Å². The average Bonchev–Trinajstić information content (AvgIpc) is 2.40. The van der Waals surface area contributed by atoms with E-state index in [0.29, 0.717) is 5.75 Å². The summed E-state index contributed by atoms with van der Waals surface area (Å²) in [5.41, 5.74) is 3.75. The first-order valence-corrected chi connectivity index (χ1v) is 5.14. The second-order valence-electron chi connectivity index (χ2n) is 3.40. The molecule has 3 N–H and O–H groups in total. The van der Waals surface area contributed by atoms with Crippen LogP contribution in [0.4, 0.5) is 4.79 Å². The van der Waals surface area contributed by atoms with Crippen molar-refractivity contribution in [2.75, 3.05) is 0 Å². The minimum absolute atomic E-state index is 0.474. The van der Waals surface area contributed by atoms with Gasteiger partial charge in [-0.2, -0.15) is 0 Å². The molecule has 1 amide bonds. The molecule has 2 rings (SSSR count). The number of carbonyl (C=O) groups is 1. The van der Waals surface area contributed by atoms with Gasteiger partial charge in [-0.3, -0.25) is 5.43 Å². The number of rotatable bonds is 2. The molecule has 4 heteroatoms. The van der Waals surface area contributed by atoms with Crippen LogP contribution in [0.1, 0.15) is 0 Å². The summed E-state index contributed by atoms with van der Waals surface area (Å²) in [6.07, 6.45) is -0.687. The van der Waals surface area contributed by atoms with Crippen molar-refractivity contribution in [1.82, 2.24) is 5.43 Å². The van der Waals surface area contributed by atoms with E-state index in [1.165, 1.54) is 0 Å². The van der Waals surface area contributed by atoms with Crippen molar-refractivity contribution in [3.63, 3.8) is 0 Å². The van der Waals surface area contributed by atoms with Crippen LogP contribution in [0.15, 0.2) is 54.6 Å². The molecule has 0 spiro atoms. The number of carbonyl (C=O) groups excluding carboxylic acids is 1. The standard InChI is InChI=1S/C13H12N2O2/c14-15-13(16)17-12-9-5-4-8-11(12)10-6-2-1-3-7-10/h1-9H,14H2,(H,15,16). The maximum Gasteiger partial charge on any atom is 0.426 e. The molecular weight excluding hydrogens is 216 g/mol. The molecule has 17 heavy (non-hydrogen) atoms. The Balaban J connectivity index is 2.38. The van der Waals surface area contributed by atoms with E-state index in [2.05, 4.69) is 0 Å². The highest BCUT2D eigenvalue weighted by Gasteiger charge is 2.08. The molecule has 86 valence electrons. The lowest BCUT2D eigenvalue weighted by atomic mass is 10.1. The lowest BCUT2D eigenvalue weighted by molar-refractivity contribution is 0.201. The second kappa shape index (κ2) is 5.14. The molecule has 0 fully saturated rings. The maximum absolute atomic E-state index is 11.1. The number of para-hydroxylation sites is 1. The van der Waals surface area contributed by atoms with Gasteiger partial charge in [0.25, 0.3) is 0 Å². The molecule has 4 nitrogen and oxygen atoms in total. The third-order valence-corrected chi connectivity index (χ3v) is 2.29. The molecule has 0 atom stereocenters. The van der Waals surface area contributed by atoms with Gasteiger partial charge in [-0.15, -0.1) is 0 Å². The number of ether oxygens (including phenoxy) is 1. The molecule has 0 aliphatic heterocycles. The third-order valence-electron chi connectivity index (χ3n) is 2.29. The Morgan fingerprint density at radius 2 is 1.65 bits per heavy atom. The van der Waals surface area contributed by atoms with Gasteiger partial charge in [-0.1, -0.05) is 48.5 Å². The number of hydrogen-bond donors (Lipinski definition) is 2. The zero-order chi connectivity index (χ0) is 12.1. The Hall–Kier alpha value is -2.33. The highest BCUT2D eigenvalue weighted by Crippen LogP contribution is 2.29. The minimum Gasteiger partial charge on any atom is -0.409 e. The highest BCUT2D eigenvalue weighted by molar-refractivity contribution is 5.76. The van der Waals surface area contributed by atoms with Gasteiger partial charge in [0.1, 0.15) is 5.75 Å². The van der Waals surface area contributed by atoms with Gasteiger partial charge in [0, 0.05) is 5.56 Å². The molecule has 0 radical (unpaired) electrons. The van der Waals surface area contributed by atoms with Crippen molar-refractivity contribution in [3.8, 4) is 16.9 Å². The van der Waals surface area contributed by atoms with Gasteiger partial charge in [-0.05, 0) is 11.6 Å². The first-order chi connectivity index (χ1) is 8.31. The molecule has 0 aliphatic rings. The van der Waals surface area contributed by atoms with E-state index in [0.717, 1.165) is 11.1 Å². The smallest absolute Gasteiger partial charge is 0.409 e. The fraction of sp³-hybridized carbons (Fsp3) is 0. The van der Waals surface area contributed by atoms with Gasteiger partial charge in [0.2, 0.25) is 0 Å². The van der Waals surface area contributed by atoms with Crippen LogP contribution in [-0.4, -0.2) is 6.09 Å². The first-order valence-electron chi connectivity index (χ1n) is 5.14. The predicted molar refractivity (Wildman–Crippen MR) is 65.2 cm³/mol. The zero-order valence-electron chi connectivity index (χ0n) is 9.09. The largest absolute Gasteiger partial charge is 0.426 e. The first kappa shape index (κ1) is 11.2. The Kier molecular flexibility index (Phi) is 3.37. The summed E-state index contributed by atoms with van der Waals surface area (Å²) >= 11 is 0. The lowest BCUT2D eigenvalue weighted by Crippen LogP contribution is -2.32. The van der Waals surface area contributed by atoms with Gasteiger partial charge >= 0.3 is 6.09 Å². The molecule has 2 aromatic rings. The van der Waals surface area contributed by atoms with Crippen LogP contribution >= 0.6 is 0 Å². The highest BCUT2D eigenvalue weighted by atomic mass is 16.6. The fourth-order valence-corrected chi connectivity index (χ4v) is 1.54. The molecule has 0 saturated heterocycles. The summed E-state index contributed by atoms with van der Waals surface area (Å²) in [6.45, 7) is 0. The van der Waals surface area contributed by atoms with Crippen molar-refractivity contribution in [2.45, 2.75) is 0 Å². The van der Waals surface area contributed by atoms with E-state index in [-0.39, 0.29) is 0 Å². The number of amides is 1. The Morgan fingerprint density at radius 1 is 1.00 bits per heavy atom. The van der Waals surface area contributed by atoms with Crippen LogP contribution in [0.2, 0.25) is 0 Å². The van der Waals surface area contributed by atoms with Crippen molar-refractivity contribution < 1.29 is 9.53 Å². The average molecular weight is 228 g/mol. The number of nitrogens with two attached hydrogens (primary N) is 1. The number of hydrogen-bond acceptors (Lipinski definition) is 3. The molecule has 0 aliphatic carbocycles. The Morgan fingerprint density at radius 3 is 2.35 bits per heavy atom. The molecule has 0 bridgehead atoms. The Bertz CT molecular complexity index is 512. The van der Waals surface area contributed by atoms with Crippen molar-refractivity contribution in [3.05, 3.63) is 54.6 Å². The summed E-state index contributed by atoms with van der Waals surface area (Å²) in [5, 5.41) is 0. The molecule has 0 heterocycles. The summed E-state index contributed by atoms with van der Waals surface area (Å²) in [4.78, 5) is 11.1. The topological polar surface area (TPSA) is 64.3 Å². The van der Waals surface area contributed by atoms with E-state index < -0.39 is 6.09 Å². The Labute approximate surface area is 99.0 Å². The lowest BCUT2D eigenvalue weighted by Gasteiger charge is -2.09. The molecule has 0 aromatic heterocycles. The van der Waals surface area contributed by atoms with E-state index in [1.54, 1.807) is 12.1 Å². The van der Waals surface area contributed by atoms with Crippen molar-refractivity contribution in [2.24, 2.45) is 5.84 Å². The summed E-state index contributed by atoms with van der Waals surface area (Å²) < 4.78 is 5.07. The quantitative estimate of drug-likeness (QED) is 0.471. The van der Waals surface area contributed by atoms with Crippen LogP contribution in [-0.2, 0) is 0 Å². The van der Waals surface area contributed by atoms with Crippen molar-refractivity contribution >= 4 is 6.09 Å². The van der Waals surface area contributed by atoms with Gasteiger partial charge in [-0.25, -0.2) is 10.6 Å². The van der Waals surface area contributed by atoms with Gasteiger partial charge in [0.15, 0.2) is 0 Å². The maximum atomic E-state index is 11.1. The summed E-state index contributed by atoms with van der Waals surface area (Å²) in [6, 6.07) is 17.0. The summed E-state index contributed by atoms with van der Waals surface area (Å²) in [7, 11) is 0. The monoisotopic (exact) mass is 228 g/mol. The number of nitrogens with one attached hydrogen (secondary N) is 1. The van der Waals surface area contributed by atoms with Crippen LogP contribution in [0.5, 0.6) is 5.75 Å². The zero-order valence-corrected chi connectivity index (χ0v) is 9.09.